The van der Waals surface area contributed by atoms with E-state index < -0.39 is 11.6 Å². The first kappa shape index (κ1) is 14.7. The van der Waals surface area contributed by atoms with E-state index in [1.807, 2.05) is 13.8 Å². The standard InChI is InChI=1S/C13H21NO4/c1-5-7-11(16)18-10-8-9(15)14(10)12(17)13(3,4)6-2/h10H,5-8H2,1-4H3. The molecule has 1 aliphatic heterocycles. The average molecular weight is 255 g/mol. The molecule has 1 atom stereocenters. The summed E-state index contributed by atoms with van der Waals surface area (Å²) in [5.41, 5.74) is -0.606. The van der Waals surface area contributed by atoms with Gasteiger partial charge in [0.1, 0.15) is 0 Å². The van der Waals surface area contributed by atoms with Crippen LogP contribution in [-0.2, 0) is 19.1 Å². The molecule has 0 radical (unpaired) electrons. The molecule has 0 saturated carbocycles. The molecule has 1 saturated heterocycles. The lowest BCUT2D eigenvalue weighted by atomic mass is 9.87. The summed E-state index contributed by atoms with van der Waals surface area (Å²) in [6.07, 6.45) is 1.04. The molecule has 1 aliphatic rings. The summed E-state index contributed by atoms with van der Waals surface area (Å²) >= 11 is 0. The average Bonchev–Trinajstić information content (AvgIpc) is 2.28. The number of hydrogen-bond donors (Lipinski definition) is 0. The number of likely N-dealkylation sites (tertiary alicyclic amines) is 1. The van der Waals surface area contributed by atoms with E-state index >= 15 is 0 Å². The van der Waals surface area contributed by atoms with E-state index in [4.69, 9.17) is 4.74 Å². The first-order chi connectivity index (χ1) is 8.33. The SMILES string of the molecule is CCCC(=O)OC1CC(=O)N1C(=O)C(C)(C)CC. The van der Waals surface area contributed by atoms with Crippen LogP contribution in [0.2, 0.25) is 0 Å². The van der Waals surface area contributed by atoms with Crippen molar-refractivity contribution < 1.29 is 19.1 Å². The summed E-state index contributed by atoms with van der Waals surface area (Å²) in [5, 5.41) is 0. The Morgan fingerprint density at radius 1 is 1.39 bits per heavy atom. The highest BCUT2D eigenvalue weighted by Gasteiger charge is 2.47. The number of amides is 2. The number of rotatable bonds is 5. The van der Waals surface area contributed by atoms with Crippen LogP contribution < -0.4 is 0 Å². The smallest absolute Gasteiger partial charge is 0.307 e. The number of ether oxygens (including phenoxy) is 1. The number of hydrogen-bond acceptors (Lipinski definition) is 4. The molecule has 0 bridgehead atoms. The fourth-order valence-electron chi connectivity index (χ4n) is 1.62. The van der Waals surface area contributed by atoms with Gasteiger partial charge in [-0.3, -0.25) is 14.4 Å². The van der Waals surface area contributed by atoms with E-state index in [-0.39, 0.29) is 24.2 Å². The van der Waals surface area contributed by atoms with Crippen LogP contribution in [0.5, 0.6) is 0 Å². The molecule has 1 unspecified atom stereocenters. The van der Waals surface area contributed by atoms with Gasteiger partial charge in [-0.1, -0.05) is 27.7 Å². The van der Waals surface area contributed by atoms with Crippen LogP contribution >= 0.6 is 0 Å². The number of carbonyl (C=O) groups excluding carboxylic acids is 3. The predicted octanol–water partition coefficient (Wildman–Crippen LogP) is 1.85. The molecule has 1 heterocycles. The van der Waals surface area contributed by atoms with Crippen molar-refractivity contribution in [1.82, 2.24) is 4.90 Å². The van der Waals surface area contributed by atoms with Gasteiger partial charge in [0.2, 0.25) is 11.8 Å². The molecule has 18 heavy (non-hydrogen) atoms. The third kappa shape index (κ3) is 2.89. The second kappa shape index (κ2) is 5.50. The Bertz CT molecular complexity index is 362. The largest absolute Gasteiger partial charge is 0.440 e. The van der Waals surface area contributed by atoms with E-state index in [0.717, 1.165) is 4.90 Å². The van der Waals surface area contributed by atoms with E-state index in [1.165, 1.54) is 0 Å². The fraction of sp³-hybridized carbons (Fsp3) is 0.769. The molecule has 0 aromatic carbocycles. The minimum Gasteiger partial charge on any atom is -0.440 e. The number of nitrogens with zero attached hydrogens (tertiary/aromatic N) is 1. The summed E-state index contributed by atoms with van der Waals surface area (Å²) in [4.78, 5) is 36.1. The topological polar surface area (TPSA) is 63.7 Å². The molecule has 102 valence electrons. The second-order valence-corrected chi connectivity index (χ2v) is 5.20. The molecule has 1 rings (SSSR count). The van der Waals surface area contributed by atoms with Gasteiger partial charge < -0.3 is 4.74 Å². The lowest BCUT2D eigenvalue weighted by Crippen LogP contribution is -2.60. The number of carbonyl (C=O) groups is 3. The molecule has 2 amide bonds. The van der Waals surface area contributed by atoms with Crippen molar-refractivity contribution in [1.29, 1.82) is 0 Å². The second-order valence-electron chi connectivity index (χ2n) is 5.20. The monoisotopic (exact) mass is 255 g/mol. The maximum atomic E-state index is 12.2. The third-order valence-corrected chi connectivity index (χ3v) is 3.31. The molecule has 1 fully saturated rings. The van der Waals surface area contributed by atoms with Crippen molar-refractivity contribution in [2.45, 2.75) is 59.6 Å². The van der Waals surface area contributed by atoms with Gasteiger partial charge in [0.15, 0.2) is 6.23 Å². The van der Waals surface area contributed by atoms with E-state index in [1.54, 1.807) is 13.8 Å². The maximum Gasteiger partial charge on any atom is 0.307 e. The lowest BCUT2D eigenvalue weighted by Gasteiger charge is -2.41. The zero-order valence-corrected chi connectivity index (χ0v) is 11.5. The molecular weight excluding hydrogens is 234 g/mol. The highest BCUT2D eigenvalue weighted by atomic mass is 16.6. The van der Waals surface area contributed by atoms with Crippen LogP contribution in [0.1, 0.15) is 53.4 Å². The summed E-state index contributed by atoms with van der Waals surface area (Å²) in [7, 11) is 0. The van der Waals surface area contributed by atoms with Crippen LogP contribution in [0.25, 0.3) is 0 Å². The number of esters is 1. The van der Waals surface area contributed by atoms with Crippen molar-refractivity contribution >= 4 is 17.8 Å². The Hall–Kier alpha value is -1.39. The van der Waals surface area contributed by atoms with Gasteiger partial charge in [0.25, 0.3) is 0 Å². The van der Waals surface area contributed by atoms with Gasteiger partial charge in [-0.15, -0.1) is 0 Å². The van der Waals surface area contributed by atoms with Crippen molar-refractivity contribution in [3.05, 3.63) is 0 Å². The molecule has 0 aromatic heterocycles. The molecule has 0 spiro atoms. The summed E-state index contributed by atoms with van der Waals surface area (Å²) in [6, 6.07) is 0. The van der Waals surface area contributed by atoms with Crippen LogP contribution in [0.15, 0.2) is 0 Å². The summed E-state index contributed by atoms with van der Waals surface area (Å²) < 4.78 is 5.12. The zero-order valence-electron chi connectivity index (χ0n) is 11.5. The molecule has 0 N–H and O–H groups in total. The Kier molecular flexibility index (Phi) is 4.48. The Labute approximate surface area is 107 Å². The van der Waals surface area contributed by atoms with Crippen molar-refractivity contribution in [2.24, 2.45) is 5.41 Å². The van der Waals surface area contributed by atoms with Crippen LogP contribution in [0, 0.1) is 5.41 Å². The summed E-state index contributed by atoms with van der Waals surface area (Å²) in [6.45, 7) is 7.33. The van der Waals surface area contributed by atoms with Crippen molar-refractivity contribution in [3.63, 3.8) is 0 Å². The van der Waals surface area contributed by atoms with Gasteiger partial charge in [0, 0.05) is 11.8 Å². The quantitative estimate of drug-likeness (QED) is 0.555. The van der Waals surface area contributed by atoms with E-state index in [9.17, 15) is 14.4 Å². The van der Waals surface area contributed by atoms with Crippen molar-refractivity contribution in [2.75, 3.05) is 0 Å². The van der Waals surface area contributed by atoms with Gasteiger partial charge in [-0.2, -0.15) is 0 Å². The Balaban J connectivity index is 2.67. The van der Waals surface area contributed by atoms with Gasteiger partial charge in [-0.05, 0) is 12.8 Å². The highest BCUT2D eigenvalue weighted by molar-refractivity contribution is 6.02. The molecule has 5 nitrogen and oxygen atoms in total. The summed E-state index contributed by atoms with van der Waals surface area (Å²) in [5.74, 6) is -0.895. The van der Waals surface area contributed by atoms with E-state index in [2.05, 4.69) is 0 Å². The molecular formula is C13H21NO4. The minimum atomic E-state index is -0.699. The first-order valence-corrected chi connectivity index (χ1v) is 6.39. The van der Waals surface area contributed by atoms with E-state index in [0.29, 0.717) is 19.3 Å². The molecule has 0 aromatic rings. The van der Waals surface area contributed by atoms with Crippen LogP contribution in [-0.4, -0.2) is 28.9 Å². The molecule has 5 heteroatoms. The van der Waals surface area contributed by atoms with Gasteiger partial charge >= 0.3 is 5.97 Å². The molecule has 0 aliphatic carbocycles. The minimum absolute atomic E-state index is 0.112. The Morgan fingerprint density at radius 2 is 2.00 bits per heavy atom. The fourth-order valence-corrected chi connectivity index (χ4v) is 1.62. The lowest BCUT2D eigenvalue weighted by molar-refractivity contribution is -0.191. The maximum absolute atomic E-state index is 12.2. The van der Waals surface area contributed by atoms with Crippen molar-refractivity contribution in [3.8, 4) is 0 Å². The number of β-lactam (4-membered cyclic amide) rings is 1. The Morgan fingerprint density at radius 3 is 2.44 bits per heavy atom. The van der Waals surface area contributed by atoms with Crippen LogP contribution in [0.3, 0.4) is 0 Å². The first-order valence-electron chi connectivity index (χ1n) is 6.39. The van der Waals surface area contributed by atoms with Gasteiger partial charge in [0.05, 0.1) is 6.42 Å². The third-order valence-electron chi connectivity index (χ3n) is 3.31. The van der Waals surface area contributed by atoms with Crippen LogP contribution in [0.4, 0.5) is 0 Å². The predicted molar refractivity (Wildman–Crippen MR) is 65.3 cm³/mol. The zero-order chi connectivity index (χ0) is 13.9. The number of imide groups is 1. The highest BCUT2D eigenvalue weighted by Crippen LogP contribution is 2.30. The normalized spacial score (nSPS) is 19.4. The van der Waals surface area contributed by atoms with Gasteiger partial charge in [-0.25, -0.2) is 4.90 Å².